The van der Waals surface area contributed by atoms with Crippen LogP contribution in [0.5, 0.6) is 0 Å². The molecule has 3 heterocycles. The largest absolute Gasteiger partial charge is 0.501 e. The summed E-state index contributed by atoms with van der Waals surface area (Å²) in [5.41, 5.74) is 3.19. The SMILES string of the molecule is O=C1C2N=CC=CC2=[N+](CC(=O)N2CCCc3ccccc32)C(=O)N1Cc1ccc(Cl)cc1. The van der Waals surface area contributed by atoms with E-state index in [0.717, 1.165) is 34.6 Å². The van der Waals surface area contributed by atoms with Gasteiger partial charge in [-0.25, -0.2) is 4.79 Å². The molecule has 1 unspecified atom stereocenters. The van der Waals surface area contributed by atoms with Crippen molar-refractivity contribution in [2.45, 2.75) is 25.4 Å². The summed E-state index contributed by atoms with van der Waals surface area (Å²) in [6, 6.07) is 13.4. The zero-order chi connectivity index (χ0) is 22.9. The number of imide groups is 1. The van der Waals surface area contributed by atoms with Gasteiger partial charge in [0.15, 0.2) is 6.54 Å². The number of dihydropyridines is 1. The molecule has 3 aliphatic heterocycles. The number of allylic oxidation sites excluding steroid dienone is 1. The number of aliphatic imine (C=N–C) groups is 1. The molecule has 0 N–H and O–H groups in total. The van der Waals surface area contributed by atoms with Crippen LogP contribution in [0.25, 0.3) is 0 Å². The van der Waals surface area contributed by atoms with Crippen molar-refractivity contribution in [3.05, 3.63) is 76.8 Å². The minimum Gasteiger partial charge on any atom is -0.309 e. The monoisotopic (exact) mass is 461 g/mol. The fraction of sp³-hybridized carbons (Fsp3) is 0.240. The standard InChI is InChI=1S/C25H22ClN4O3/c26-19-11-9-17(10-12-19)15-30-24(32)23-21(8-3-13-27-23)29(25(30)33)16-22(31)28-14-4-6-18-5-1-2-7-20(18)28/h1-3,5,7-13,23H,4,6,14-16H2/q+1. The van der Waals surface area contributed by atoms with Crippen LogP contribution in [-0.4, -0.2) is 58.4 Å². The molecule has 0 aromatic heterocycles. The smallest absolute Gasteiger partial charge is 0.309 e. The molecule has 4 amide bonds. The van der Waals surface area contributed by atoms with E-state index < -0.39 is 18.0 Å². The van der Waals surface area contributed by atoms with Crippen molar-refractivity contribution in [1.82, 2.24) is 4.90 Å². The number of rotatable bonds is 4. The number of aryl methyl sites for hydroxylation is 1. The Morgan fingerprint density at radius 2 is 1.91 bits per heavy atom. The van der Waals surface area contributed by atoms with E-state index in [0.29, 0.717) is 17.3 Å². The zero-order valence-corrected chi connectivity index (χ0v) is 18.6. The molecule has 0 spiro atoms. The van der Waals surface area contributed by atoms with Crippen molar-refractivity contribution in [3.63, 3.8) is 0 Å². The molecule has 0 bridgehead atoms. The normalized spacial score (nSPS) is 19.6. The summed E-state index contributed by atoms with van der Waals surface area (Å²) in [5, 5.41) is 0.571. The average Bonchev–Trinajstić information content (AvgIpc) is 2.85. The highest BCUT2D eigenvalue weighted by Gasteiger charge is 2.48. The van der Waals surface area contributed by atoms with Gasteiger partial charge in [0.05, 0.1) is 0 Å². The maximum atomic E-state index is 13.5. The highest BCUT2D eigenvalue weighted by Crippen LogP contribution is 2.27. The Morgan fingerprint density at radius 1 is 1.12 bits per heavy atom. The van der Waals surface area contributed by atoms with Crippen molar-refractivity contribution in [2.75, 3.05) is 18.0 Å². The number of anilines is 1. The van der Waals surface area contributed by atoms with Gasteiger partial charge in [-0.1, -0.05) is 41.9 Å². The molecule has 3 aliphatic rings. The second-order valence-corrected chi connectivity index (χ2v) is 8.62. The lowest BCUT2D eigenvalue weighted by atomic mass is 10.0. The molecule has 0 saturated heterocycles. The molecule has 166 valence electrons. The molecular formula is C25H22ClN4O3+. The Balaban J connectivity index is 1.46. The number of hydrogen-bond acceptors (Lipinski definition) is 4. The molecule has 0 fully saturated rings. The lowest BCUT2D eigenvalue weighted by molar-refractivity contribution is -0.427. The van der Waals surface area contributed by atoms with Crippen molar-refractivity contribution in [3.8, 4) is 0 Å². The van der Waals surface area contributed by atoms with Crippen molar-refractivity contribution in [2.24, 2.45) is 4.99 Å². The summed E-state index contributed by atoms with van der Waals surface area (Å²) >= 11 is 5.97. The number of para-hydroxylation sites is 1. The van der Waals surface area contributed by atoms with E-state index in [9.17, 15) is 14.4 Å². The van der Waals surface area contributed by atoms with Crippen LogP contribution in [0.2, 0.25) is 5.02 Å². The second kappa shape index (κ2) is 8.75. The third-order valence-electron chi connectivity index (χ3n) is 6.10. The highest BCUT2D eigenvalue weighted by molar-refractivity contribution is 6.30. The fourth-order valence-electron chi connectivity index (χ4n) is 4.46. The van der Waals surface area contributed by atoms with Gasteiger partial charge in [-0.3, -0.25) is 9.79 Å². The van der Waals surface area contributed by atoms with E-state index in [1.807, 2.05) is 24.3 Å². The van der Waals surface area contributed by atoms with E-state index in [1.165, 1.54) is 4.58 Å². The number of halogens is 1. The summed E-state index contributed by atoms with van der Waals surface area (Å²) in [7, 11) is 0. The van der Waals surface area contributed by atoms with Gasteiger partial charge < -0.3 is 4.90 Å². The molecule has 2 aromatic rings. The summed E-state index contributed by atoms with van der Waals surface area (Å²) in [5.74, 6) is -0.594. The third-order valence-corrected chi connectivity index (χ3v) is 6.35. The molecule has 0 saturated carbocycles. The molecule has 5 rings (SSSR count). The third kappa shape index (κ3) is 4.00. The molecule has 0 aliphatic carbocycles. The molecule has 2 aromatic carbocycles. The van der Waals surface area contributed by atoms with E-state index in [4.69, 9.17) is 11.6 Å². The minimum atomic E-state index is -0.846. The quantitative estimate of drug-likeness (QED) is 0.656. The van der Waals surface area contributed by atoms with Crippen LogP contribution < -0.4 is 4.90 Å². The predicted molar refractivity (Wildman–Crippen MR) is 126 cm³/mol. The van der Waals surface area contributed by atoms with Crippen LogP contribution in [0, 0.1) is 0 Å². The first-order chi connectivity index (χ1) is 16.0. The number of amides is 4. The average molecular weight is 462 g/mol. The van der Waals surface area contributed by atoms with Gasteiger partial charge in [0.1, 0.15) is 12.3 Å². The van der Waals surface area contributed by atoms with Crippen LogP contribution >= 0.6 is 11.6 Å². The maximum absolute atomic E-state index is 13.5. The van der Waals surface area contributed by atoms with Gasteiger partial charge in [0.25, 0.3) is 5.91 Å². The summed E-state index contributed by atoms with van der Waals surface area (Å²) in [4.78, 5) is 47.1. The van der Waals surface area contributed by atoms with Gasteiger partial charge in [-0.15, -0.1) is 0 Å². The highest BCUT2D eigenvalue weighted by atomic mass is 35.5. The van der Waals surface area contributed by atoms with Crippen LogP contribution in [-0.2, 0) is 22.6 Å². The Bertz CT molecular complexity index is 1230. The zero-order valence-electron chi connectivity index (χ0n) is 17.9. The van der Waals surface area contributed by atoms with Crippen molar-refractivity contribution in [1.29, 1.82) is 0 Å². The number of carbonyl (C=O) groups is 3. The second-order valence-electron chi connectivity index (χ2n) is 8.18. The number of urea groups is 1. The van der Waals surface area contributed by atoms with Gasteiger partial charge in [-0.2, -0.15) is 14.3 Å². The number of hydrogen-bond donors (Lipinski definition) is 0. The lowest BCUT2D eigenvalue weighted by Crippen LogP contribution is -2.58. The first kappa shape index (κ1) is 21.3. The van der Waals surface area contributed by atoms with Gasteiger partial charge in [0, 0.05) is 23.5 Å². The Hall–Kier alpha value is -3.58. The van der Waals surface area contributed by atoms with E-state index >= 15 is 0 Å². The topological polar surface area (TPSA) is 73.1 Å². The van der Waals surface area contributed by atoms with Gasteiger partial charge in [-0.05, 0) is 54.3 Å². The number of nitrogens with zero attached hydrogens (tertiary/aromatic N) is 4. The molecule has 0 radical (unpaired) electrons. The Morgan fingerprint density at radius 3 is 2.73 bits per heavy atom. The predicted octanol–water partition coefficient (Wildman–Crippen LogP) is 3.24. The van der Waals surface area contributed by atoms with Crippen LogP contribution in [0.1, 0.15) is 17.5 Å². The fourth-order valence-corrected chi connectivity index (χ4v) is 4.59. The van der Waals surface area contributed by atoms with E-state index in [1.54, 1.807) is 47.5 Å². The summed E-state index contributed by atoms with van der Waals surface area (Å²) < 4.78 is 1.38. The van der Waals surface area contributed by atoms with Gasteiger partial charge in [0.2, 0.25) is 6.04 Å². The number of carbonyl (C=O) groups excluding carboxylic acids is 3. The van der Waals surface area contributed by atoms with Crippen LogP contribution in [0.15, 0.2) is 65.7 Å². The summed E-state index contributed by atoms with van der Waals surface area (Å²) in [6.07, 6.45) is 6.69. The van der Waals surface area contributed by atoms with E-state index in [-0.39, 0.29) is 19.0 Å². The molecule has 1 atom stereocenters. The molecular weight excluding hydrogens is 440 g/mol. The van der Waals surface area contributed by atoms with Crippen molar-refractivity contribution < 1.29 is 19.0 Å². The van der Waals surface area contributed by atoms with Crippen LogP contribution in [0.4, 0.5) is 10.5 Å². The molecule has 33 heavy (non-hydrogen) atoms. The summed E-state index contributed by atoms with van der Waals surface area (Å²) in [6.45, 7) is 0.510. The Kier molecular flexibility index (Phi) is 5.64. The molecule has 7 nitrogen and oxygen atoms in total. The first-order valence-electron chi connectivity index (χ1n) is 10.9. The van der Waals surface area contributed by atoms with E-state index in [2.05, 4.69) is 4.99 Å². The number of fused-ring (bicyclic) bond motifs is 2. The maximum Gasteiger partial charge on any atom is 0.501 e. The van der Waals surface area contributed by atoms with Crippen molar-refractivity contribution >= 4 is 47.1 Å². The van der Waals surface area contributed by atoms with Gasteiger partial charge >= 0.3 is 11.9 Å². The lowest BCUT2D eigenvalue weighted by Gasteiger charge is -2.31. The Labute approximate surface area is 196 Å². The minimum absolute atomic E-state index is 0.0785. The van der Waals surface area contributed by atoms with Crippen LogP contribution in [0.3, 0.4) is 0 Å². The number of benzene rings is 2. The molecule has 8 heteroatoms. The first-order valence-corrected chi connectivity index (χ1v) is 11.2.